The van der Waals surface area contributed by atoms with Crippen LogP contribution in [0.4, 0.5) is 0 Å². The van der Waals surface area contributed by atoms with Crippen LogP contribution in [0.2, 0.25) is 0 Å². The van der Waals surface area contributed by atoms with E-state index in [4.69, 9.17) is 4.42 Å². The molecule has 15 heavy (non-hydrogen) atoms. The number of rotatable bonds is 1. The molecule has 0 radical (unpaired) electrons. The molecule has 0 saturated carbocycles. The molecule has 2 aromatic heterocycles. The van der Waals surface area contributed by atoms with Gasteiger partial charge in [-0.2, -0.15) is 0 Å². The van der Waals surface area contributed by atoms with Crippen LogP contribution in [0, 0.1) is 0 Å². The third kappa shape index (κ3) is 1.35. The number of fused-ring (bicyclic) bond motifs is 1. The molecule has 3 rings (SSSR count). The van der Waals surface area contributed by atoms with E-state index in [1.54, 1.807) is 6.20 Å². The maximum Gasteiger partial charge on any atom is 0.152 e. The number of nitrogens with one attached hydrogen (secondary N) is 1. The van der Waals surface area contributed by atoms with Crippen LogP contribution in [0.15, 0.2) is 28.8 Å². The van der Waals surface area contributed by atoms with Gasteiger partial charge in [-0.3, -0.25) is 4.98 Å². The smallest absolute Gasteiger partial charge is 0.152 e. The van der Waals surface area contributed by atoms with Gasteiger partial charge in [0.1, 0.15) is 11.3 Å². The number of hydrogen-bond donors (Lipinski definition) is 1. The van der Waals surface area contributed by atoms with Crippen molar-refractivity contribution in [3.63, 3.8) is 0 Å². The highest BCUT2D eigenvalue weighted by Crippen LogP contribution is 2.33. The Morgan fingerprint density at radius 3 is 3.20 bits per heavy atom. The first kappa shape index (κ1) is 8.92. The fraction of sp³-hybridized carbons (Fsp3) is 0.417. The van der Waals surface area contributed by atoms with Crippen molar-refractivity contribution in [2.75, 3.05) is 6.54 Å². The van der Waals surface area contributed by atoms with Gasteiger partial charge in [0.15, 0.2) is 5.58 Å². The van der Waals surface area contributed by atoms with Gasteiger partial charge in [0, 0.05) is 12.3 Å². The van der Waals surface area contributed by atoms with Gasteiger partial charge in [0.2, 0.25) is 0 Å². The second-order valence-electron chi connectivity index (χ2n) is 4.36. The first-order valence-corrected chi connectivity index (χ1v) is 5.38. The molecule has 1 N–H and O–H groups in total. The average Bonchev–Trinajstić information content (AvgIpc) is 2.84. The quantitative estimate of drug-likeness (QED) is 0.771. The largest absolute Gasteiger partial charge is 0.457 e. The summed E-state index contributed by atoms with van der Waals surface area (Å²) in [6.07, 6.45) is 4.14. The van der Waals surface area contributed by atoms with Gasteiger partial charge in [-0.1, -0.05) is 0 Å². The normalized spacial score (nSPS) is 26.2. The van der Waals surface area contributed by atoms with E-state index in [1.165, 1.54) is 6.42 Å². The molecule has 1 atom stereocenters. The molecule has 2 aromatic rings. The molecular formula is C12H14N2O. The molecule has 0 unspecified atom stereocenters. The minimum absolute atomic E-state index is 0.000694. The molecular weight excluding hydrogens is 188 g/mol. The summed E-state index contributed by atoms with van der Waals surface area (Å²) in [4.78, 5) is 4.28. The Hall–Kier alpha value is -1.35. The van der Waals surface area contributed by atoms with E-state index in [0.29, 0.717) is 0 Å². The molecule has 0 spiro atoms. The minimum atomic E-state index is 0.000694. The molecule has 1 aliphatic heterocycles. The first-order valence-electron chi connectivity index (χ1n) is 5.38. The summed E-state index contributed by atoms with van der Waals surface area (Å²) >= 11 is 0. The molecule has 3 heteroatoms. The zero-order valence-electron chi connectivity index (χ0n) is 8.79. The summed E-state index contributed by atoms with van der Waals surface area (Å²) in [5, 5.41) is 3.49. The fourth-order valence-electron chi connectivity index (χ4n) is 2.25. The molecule has 1 aliphatic rings. The maximum absolute atomic E-state index is 5.83. The van der Waals surface area contributed by atoms with Crippen LogP contribution in [0.5, 0.6) is 0 Å². The summed E-state index contributed by atoms with van der Waals surface area (Å²) in [7, 11) is 0. The summed E-state index contributed by atoms with van der Waals surface area (Å²) in [6, 6.07) is 5.91. The van der Waals surface area contributed by atoms with Crippen LogP contribution in [0.3, 0.4) is 0 Å². The van der Waals surface area contributed by atoms with E-state index < -0.39 is 0 Å². The van der Waals surface area contributed by atoms with Gasteiger partial charge in [0.25, 0.3) is 0 Å². The molecule has 1 saturated heterocycles. The minimum Gasteiger partial charge on any atom is -0.457 e. The summed E-state index contributed by atoms with van der Waals surface area (Å²) < 4.78 is 5.83. The van der Waals surface area contributed by atoms with E-state index in [2.05, 4.69) is 17.2 Å². The van der Waals surface area contributed by atoms with Crippen molar-refractivity contribution in [3.8, 4) is 0 Å². The van der Waals surface area contributed by atoms with E-state index in [0.717, 1.165) is 29.8 Å². The van der Waals surface area contributed by atoms with E-state index in [-0.39, 0.29) is 5.54 Å². The highest BCUT2D eigenvalue weighted by molar-refractivity contribution is 5.73. The van der Waals surface area contributed by atoms with Crippen LogP contribution in [0.1, 0.15) is 25.5 Å². The molecule has 3 heterocycles. The van der Waals surface area contributed by atoms with Gasteiger partial charge in [-0.05, 0) is 38.4 Å². The third-order valence-electron chi connectivity index (χ3n) is 3.20. The topological polar surface area (TPSA) is 38.1 Å². The second kappa shape index (κ2) is 3.07. The van der Waals surface area contributed by atoms with Gasteiger partial charge in [-0.25, -0.2) is 0 Å². The van der Waals surface area contributed by atoms with Crippen molar-refractivity contribution < 1.29 is 4.42 Å². The number of aromatic nitrogens is 1. The first-order chi connectivity index (χ1) is 7.28. The summed E-state index contributed by atoms with van der Waals surface area (Å²) in [5.41, 5.74) is 1.82. The molecule has 3 nitrogen and oxygen atoms in total. The maximum atomic E-state index is 5.83. The van der Waals surface area contributed by atoms with Gasteiger partial charge < -0.3 is 9.73 Å². The summed E-state index contributed by atoms with van der Waals surface area (Å²) in [5.74, 6) is 1.01. The number of nitrogens with zero attached hydrogens (tertiary/aromatic N) is 1. The fourth-order valence-corrected chi connectivity index (χ4v) is 2.25. The Morgan fingerprint density at radius 1 is 1.53 bits per heavy atom. The van der Waals surface area contributed by atoms with Crippen molar-refractivity contribution in [1.29, 1.82) is 0 Å². The van der Waals surface area contributed by atoms with Crippen LogP contribution in [0.25, 0.3) is 11.1 Å². The predicted octanol–water partition coefficient (Wildman–Crippen LogP) is 2.43. The molecule has 78 valence electrons. The van der Waals surface area contributed by atoms with Crippen molar-refractivity contribution in [3.05, 3.63) is 30.2 Å². The van der Waals surface area contributed by atoms with Crippen LogP contribution in [-0.2, 0) is 5.54 Å². The third-order valence-corrected chi connectivity index (χ3v) is 3.20. The Balaban J connectivity index is 2.11. The number of furan rings is 1. The van der Waals surface area contributed by atoms with Crippen molar-refractivity contribution in [2.24, 2.45) is 0 Å². The van der Waals surface area contributed by atoms with Gasteiger partial charge in [-0.15, -0.1) is 0 Å². The Labute approximate surface area is 88.5 Å². The van der Waals surface area contributed by atoms with Crippen molar-refractivity contribution in [2.45, 2.75) is 25.3 Å². The number of hydrogen-bond acceptors (Lipinski definition) is 3. The lowest BCUT2D eigenvalue weighted by Crippen LogP contribution is -2.32. The Kier molecular flexibility index (Phi) is 1.83. The second-order valence-corrected chi connectivity index (χ2v) is 4.36. The molecule has 1 fully saturated rings. The molecule has 0 amide bonds. The Morgan fingerprint density at radius 2 is 2.47 bits per heavy atom. The van der Waals surface area contributed by atoms with E-state index >= 15 is 0 Å². The highest BCUT2D eigenvalue weighted by Gasteiger charge is 2.33. The van der Waals surface area contributed by atoms with E-state index in [1.807, 2.05) is 18.2 Å². The van der Waals surface area contributed by atoms with Gasteiger partial charge in [0.05, 0.1) is 5.54 Å². The zero-order chi connectivity index (χ0) is 10.3. The average molecular weight is 202 g/mol. The highest BCUT2D eigenvalue weighted by atomic mass is 16.3. The molecule has 0 aromatic carbocycles. The van der Waals surface area contributed by atoms with E-state index in [9.17, 15) is 0 Å². The lowest BCUT2D eigenvalue weighted by molar-refractivity contribution is 0.346. The monoisotopic (exact) mass is 202 g/mol. The van der Waals surface area contributed by atoms with Crippen LogP contribution in [-0.4, -0.2) is 11.5 Å². The standard InChI is InChI=1S/C12H14N2O/c1-12(5-3-7-14-12)11-8-9-10(15-11)4-2-6-13-9/h2,4,6,8,14H,3,5,7H2,1H3/t12-/m1/s1. The van der Waals surface area contributed by atoms with Crippen LogP contribution >= 0.6 is 0 Å². The molecule has 0 bridgehead atoms. The predicted molar refractivity (Wildman–Crippen MR) is 58.6 cm³/mol. The Bertz CT molecular complexity index is 450. The summed E-state index contributed by atoms with van der Waals surface area (Å²) in [6.45, 7) is 3.26. The van der Waals surface area contributed by atoms with Gasteiger partial charge >= 0.3 is 0 Å². The van der Waals surface area contributed by atoms with Crippen LogP contribution < -0.4 is 5.32 Å². The number of pyridine rings is 1. The SMILES string of the molecule is C[C@]1(c2cc3ncccc3o2)CCCN1. The lowest BCUT2D eigenvalue weighted by Gasteiger charge is -2.20. The lowest BCUT2D eigenvalue weighted by atomic mass is 9.97. The van der Waals surface area contributed by atoms with Crippen molar-refractivity contribution in [1.82, 2.24) is 10.3 Å². The van der Waals surface area contributed by atoms with Crippen molar-refractivity contribution >= 4 is 11.1 Å². The zero-order valence-corrected chi connectivity index (χ0v) is 8.79. The molecule has 0 aliphatic carbocycles.